The monoisotopic (exact) mass is 377 g/mol. The van der Waals surface area contributed by atoms with Crippen LogP contribution in [0, 0.1) is 19.8 Å². The molecule has 146 valence electrons. The summed E-state index contributed by atoms with van der Waals surface area (Å²) in [6, 6.07) is 0. The lowest BCUT2D eigenvalue weighted by molar-refractivity contribution is 0.198. The molecule has 1 aromatic heterocycles. The normalized spacial score (nSPS) is 22.2. The van der Waals surface area contributed by atoms with E-state index in [1.165, 1.54) is 55.9 Å². The molecule has 3 heterocycles. The molecule has 2 aliphatic rings. The summed E-state index contributed by atoms with van der Waals surface area (Å²) in [5, 5.41) is 4.67. The van der Waals surface area contributed by atoms with Crippen LogP contribution in [0.3, 0.4) is 0 Å². The van der Waals surface area contributed by atoms with Crippen molar-refractivity contribution in [2.45, 2.75) is 52.9 Å². The molecule has 6 heteroatoms. The number of nitrogens with zero attached hydrogens (tertiary/aromatic N) is 4. The van der Waals surface area contributed by atoms with Crippen molar-refractivity contribution >= 4 is 17.3 Å². The van der Waals surface area contributed by atoms with Crippen LogP contribution >= 0.6 is 11.3 Å². The molecule has 0 saturated carbocycles. The molecule has 1 atom stereocenters. The van der Waals surface area contributed by atoms with Gasteiger partial charge in [-0.1, -0.05) is 6.42 Å². The van der Waals surface area contributed by atoms with Gasteiger partial charge in [0.25, 0.3) is 0 Å². The number of rotatable bonds is 6. The van der Waals surface area contributed by atoms with Crippen LogP contribution in [-0.4, -0.2) is 66.6 Å². The summed E-state index contributed by atoms with van der Waals surface area (Å²) >= 11 is 1.81. The predicted octanol–water partition coefficient (Wildman–Crippen LogP) is 3.08. The van der Waals surface area contributed by atoms with Gasteiger partial charge < -0.3 is 15.1 Å². The summed E-state index contributed by atoms with van der Waals surface area (Å²) in [5.41, 5.74) is 1.18. The Balaban J connectivity index is 1.51. The minimum atomic E-state index is 0.795. The lowest BCUT2D eigenvalue weighted by atomic mass is 10.1. The second-order valence-corrected chi connectivity index (χ2v) is 8.98. The van der Waals surface area contributed by atoms with E-state index in [1.54, 1.807) is 0 Å². The average Bonchev–Trinajstić information content (AvgIpc) is 3.21. The van der Waals surface area contributed by atoms with Crippen molar-refractivity contribution in [3.8, 4) is 0 Å². The molecule has 1 N–H and O–H groups in total. The van der Waals surface area contributed by atoms with E-state index >= 15 is 0 Å². The fourth-order valence-electron chi connectivity index (χ4n) is 4.18. The Morgan fingerprint density at radius 2 is 2.04 bits per heavy atom. The Labute approximate surface area is 162 Å². The van der Waals surface area contributed by atoms with E-state index in [-0.39, 0.29) is 0 Å². The highest BCUT2D eigenvalue weighted by atomic mass is 32.1. The summed E-state index contributed by atoms with van der Waals surface area (Å²) < 4.78 is 0. The van der Waals surface area contributed by atoms with E-state index in [4.69, 9.17) is 4.99 Å². The Morgan fingerprint density at radius 1 is 1.23 bits per heavy atom. The van der Waals surface area contributed by atoms with Crippen LogP contribution in [0.25, 0.3) is 0 Å². The molecule has 1 unspecified atom stereocenters. The van der Waals surface area contributed by atoms with Crippen molar-refractivity contribution in [1.82, 2.24) is 20.1 Å². The van der Waals surface area contributed by atoms with Crippen LogP contribution in [0.5, 0.6) is 0 Å². The predicted molar refractivity (Wildman–Crippen MR) is 111 cm³/mol. The zero-order valence-corrected chi connectivity index (χ0v) is 17.6. The SMILES string of the molecule is CCNC(=NCCc1sc(C)nc1C)N1CCC(CN2CCCCC2)C1. The maximum absolute atomic E-state index is 4.92. The number of guanidine groups is 1. The highest BCUT2D eigenvalue weighted by Crippen LogP contribution is 2.20. The molecular weight excluding hydrogens is 342 g/mol. The second-order valence-electron chi connectivity index (χ2n) is 7.69. The summed E-state index contributed by atoms with van der Waals surface area (Å²) in [6.07, 6.45) is 6.49. The summed E-state index contributed by atoms with van der Waals surface area (Å²) in [7, 11) is 0. The molecule has 0 amide bonds. The third-order valence-electron chi connectivity index (χ3n) is 5.49. The molecule has 1 aromatic rings. The van der Waals surface area contributed by atoms with Gasteiger partial charge in [0.1, 0.15) is 0 Å². The number of hydrogen-bond donors (Lipinski definition) is 1. The van der Waals surface area contributed by atoms with Crippen LogP contribution in [-0.2, 0) is 6.42 Å². The minimum Gasteiger partial charge on any atom is -0.357 e. The van der Waals surface area contributed by atoms with Crippen molar-refractivity contribution in [2.75, 3.05) is 45.8 Å². The lowest BCUT2D eigenvalue weighted by Crippen LogP contribution is -2.41. The molecule has 5 nitrogen and oxygen atoms in total. The van der Waals surface area contributed by atoms with E-state index in [0.717, 1.165) is 49.5 Å². The maximum Gasteiger partial charge on any atom is 0.193 e. The van der Waals surface area contributed by atoms with Crippen LogP contribution < -0.4 is 5.32 Å². The van der Waals surface area contributed by atoms with Gasteiger partial charge in [0, 0.05) is 44.0 Å². The summed E-state index contributed by atoms with van der Waals surface area (Å²) in [5.74, 6) is 1.90. The van der Waals surface area contributed by atoms with Crippen molar-refractivity contribution in [1.29, 1.82) is 0 Å². The highest BCUT2D eigenvalue weighted by molar-refractivity contribution is 7.11. The van der Waals surface area contributed by atoms with Crippen molar-refractivity contribution in [3.05, 3.63) is 15.6 Å². The van der Waals surface area contributed by atoms with Crippen LogP contribution in [0.15, 0.2) is 4.99 Å². The molecule has 0 aromatic carbocycles. The Morgan fingerprint density at radius 3 is 2.73 bits per heavy atom. The Bertz CT molecular complexity index is 591. The number of nitrogens with one attached hydrogen (secondary N) is 1. The van der Waals surface area contributed by atoms with Crippen LogP contribution in [0.1, 0.15) is 48.2 Å². The summed E-state index contributed by atoms with van der Waals surface area (Å²) in [6.45, 7) is 14.3. The van der Waals surface area contributed by atoms with Crippen molar-refractivity contribution in [2.24, 2.45) is 10.9 Å². The van der Waals surface area contributed by atoms with Gasteiger partial charge in [0.2, 0.25) is 0 Å². The first kappa shape index (κ1) is 19.6. The first-order valence-electron chi connectivity index (χ1n) is 10.3. The molecular formula is C20H35N5S. The number of aryl methyl sites for hydroxylation is 2. The lowest BCUT2D eigenvalue weighted by Gasteiger charge is -2.29. The topological polar surface area (TPSA) is 43.8 Å². The van der Waals surface area contributed by atoms with Gasteiger partial charge in [-0.3, -0.25) is 4.99 Å². The number of likely N-dealkylation sites (tertiary alicyclic amines) is 2. The van der Waals surface area contributed by atoms with Gasteiger partial charge in [-0.25, -0.2) is 4.98 Å². The van der Waals surface area contributed by atoms with Crippen LogP contribution in [0.4, 0.5) is 0 Å². The second kappa shape index (κ2) is 9.70. The number of aromatic nitrogens is 1. The number of piperidine rings is 1. The van der Waals surface area contributed by atoms with Gasteiger partial charge in [-0.15, -0.1) is 11.3 Å². The van der Waals surface area contributed by atoms with Crippen molar-refractivity contribution < 1.29 is 0 Å². The molecule has 26 heavy (non-hydrogen) atoms. The molecule has 3 rings (SSSR count). The van der Waals surface area contributed by atoms with Gasteiger partial charge in [-0.2, -0.15) is 0 Å². The Hall–Kier alpha value is -1.14. The first-order chi connectivity index (χ1) is 12.7. The molecule has 0 spiro atoms. The molecule has 0 radical (unpaired) electrons. The third kappa shape index (κ3) is 5.43. The standard InChI is InChI=1S/C20H35N5S/c1-4-21-20(22-10-8-19-16(2)23-17(3)26-19)25-13-9-18(15-25)14-24-11-6-5-7-12-24/h18H,4-15H2,1-3H3,(H,21,22). The van der Waals surface area contributed by atoms with Gasteiger partial charge in [0.15, 0.2) is 5.96 Å². The fraction of sp³-hybridized carbons (Fsp3) is 0.800. The van der Waals surface area contributed by atoms with Gasteiger partial charge in [0.05, 0.1) is 10.7 Å². The Kier molecular flexibility index (Phi) is 7.32. The highest BCUT2D eigenvalue weighted by Gasteiger charge is 2.26. The zero-order chi connectivity index (χ0) is 18.4. The van der Waals surface area contributed by atoms with E-state index in [0.29, 0.717) is 0 Å². The smallest absolute Gasteiger partial charge is 0.193 e. The van der Waals surface area contributed by atoms with E-state index in [2.05, 4.69) is 40.9 Å². The number of hydrogen-bond acceptors (Lipinski definition) is 4. The number of thiazole rings is 1. The van der Waals surface area contributed by atoms with Crippen LogP contribution in [0.2, 0.25) is 0 Å². The maximum atomic E-state index is 4.92. The van der Waals surface area contributed by atoms with Gasteiger partial charge in [-0.05, 0) is 59.0 Å². The van der Waals surface area contributed by atoms with E-state index in [9.17, 15) is 0 Å². The van der Waals surface area contributed by atoms with Crippen molar-refractivity contribution in [3.63, 3.8) is 0 Å². The third-order valence-corrected chi connectivity index (χ3v) is 6.62. The van der Waals surface area contributed by atoms with E-state index < -0.39 is 0 Å². The zero-order valence-electron chi connectivity index (χ0n) is 16.8. The fourth-order valence-corrected chi connectivity index (χ4v) is 5.10. The number of aliphatic imine (C=N–C) groups is 1. The summed E-state index contributed by atoms with van der Waals surface area (Å²) in [4.78, 5) is 16.0. The molecule has 0 bridgehead atoms. The largest absolute Gasteiger partial charge is 0.357 e. The molecule has 2 saturated heterocycles. The molecule has 0 aliphatic carbocycles. The van der Waals surface area contributed by atoms with Gasteiger partial charge >= 0.3 is 0 Å². The quantitative estimate of drug-likeness (QED) is 0.611. The first-order valence-corrected chi connectivity index (χ1v) is 11.2. The van der Waals surface area contributed by atoms with E-state index in [1.807, 2.05) is 11.3 Å². The average molecular weight is 378 g/mol. The molecule has 2 aliphatic heterocycles. The molecule has 2 fully saturated rings. The minimum absolute atomic E-state index is 0.795.